The summed E-state index contributed by atoms with van der Waals surface area (Å²) in [4.78, 5) is 11.2. The molecule has 5 nitrogen and oxygen atoms in total. The third-order valence-corrected chi connectivity index (χ3v) is 2.02. The van der Waals surface area contributed by atoms with Gasteiger partial charge in [0.1, 0.15) is 5.75 Å². The fraction of sp³-hybridized carbons (Fsp3) is 0.125. The minimum Gasteiger partial charge on any atom is -0.496 e. The highest BCUT2D eigenvalue weighted by atomic mass is 35.5. The first kappa shape index (κ1) is 10.6. The number of anilines is 1. The van der Waals surface area contributed by atoms with Crippen LogP contribution in [-0.4, -0.2) is 13.0 Å². The molecular weight excluding hydrogens is 206 g/mol. The summed E-state index contributed by atoms with van der Waals surface area (Å²) in [6.07, 6.45) is 0. The average molecular weight is 216 g/mol. The second-order valence-electron chi connectivity index (χ2n) is 2.55. The molecule has 0 fully saturated rings. The van der Waals surface area contributed by atoms with Crippen LogP contribution in [0.2, 0.25) is 5.02 Å². The molecule has 0 aromatic heterocycles. The molecule has 6 heteroatoms. The molecule has 0 spiro atoms. The van der Waals surface area contributed by atoms with Crippen LogP contribution in [0.3, 0.4) is 0 Å². The summed E-state index contributed by atoms with van der Waals surface area (Å²) in [5.74, 6) is 4.83. The molecule has 0 heterocycles. The molecule has 0 aliphatic carbocycles. The maximum absolute atomic E-state index is 11.2. The standard InChI is InChI=1S/C8H10ClN3O2/c1-14-7-3-6(10)5(9)2-4(7)8(13)12-11/h2-3H,10-11H2,1H3,(H,12,13). The van der Waals surface area contributed by atoms with Gasteiger partial charge in [-0.1, -0.05) is 11.6 Å². The molecule has 0 radical (unpaired) electrons. The van der Waals surface area contributed by atoms with E-state index in [2.05, 4.69) is 0 Å². The number of halogens is 1. The molecule has 1 aromatic rings. The van der Waals surface area contributed by atoms with Crippen molar-refractivity contribution in [1.29, 1.82) is 0 Å². The Balaban J connectivity index is 3.27. The summed E-state index contributed by atoms with van der Waals surface area (Å²) in [5, 5.41) is 0.282. The minimum atomic E-state index is -0.483. The van der Waals surface area contributed by atoms with Crippen molar-refractivity contribution in [1.82, 2.24) is 5.43 Å². The van der Waals surface area contributed by atoms with E-state index in [-0.39, 0.29) is 10.6 Å². The Kier molecular flexibility index (Phi) is 3.16. The summed E-state index contributed by atoms with van der Waals surface area (Å²) in [7, 11) is 1.43. The van der Waals surface area contributed by atoms with Crippen molar-refractivity contribution in [3.63, 3.8) is 0 Å². The molecule has 0 aliphatic heterocycles. The van der Waals surface area contributed by atoms with Crippen LogP contribution < -0.4 is 21.7 Å². The van der Waals surface area contributed by atoms with E-state index in [1.54, 1.807) is 0 Å². The molecule has 0 unspecified atom stereocenters. The number of hydrazine groups is 1. The summed E-state index contributed by atoms with van der Waals surface area (Å²) < 4.78 is 4.95. The van der Waals surface area contributed by atoms with Crippen molar-refractivity contribution in [3.05, 3.63) is 22.7 Å². The van der Waals surface area contributed by atoms with E-state index in [1.807, 2.05) is 5.43 Å². The van der Waals surface area contributed by atoms with E-state index in [9.17, 15) is 4.79 Å². The smallest absolute Gasteiger partial charge is 0.268 e. The molecule has 1 amide bonds. The average Bonchev–Trinajstić information content (AvgIpc) is 2.20. The molecule has 0 aliphatic rings. The SMILES string of the molecule is COc1cc(N)c(Cl)cc1C(=O)NN. The lowest BCUT2D eigenvalue weighted by atomic mass is 10.1. The van der Waals surface area contributed by atoms with Gasteiger partial charge in [0.05, 0.1) is 23.4 Å². The van der Waals surface area contributed by atoms with Gasteiger partial charge in [-0.15, -0.1) is 0 Å². The lowest BCUT2D eigenvalue weighted by Crippen LogP contribution is -2.30. The van der Waals surface area contributed by atoms with Gasteiger partial charge in [0.15, 0.2) is 0 Å². The van der Waals surface area contributed by atoms with E-state index >= 15 is 0 Å². The van der Waals surface area contributed by atoms with Gasteiger partial charge in [0.25, 0.3) is 5.91 Å². The number of amides is 1. The highest BCUT2D eigenvalue weighted by molar-refractivity contribution is 6.33. The number of nitrogens with two attached hydrogens (primary N) is 2. The van der Waals surface area contributed by atoms with Gasteiger partial charge in [-0.2, -0.15) is 0 Å². The Hall–Kier alpha value is -1.46. The minimum absolute atomic E-state index is 0.245. The monoisotopic (exact) mass is 215 g/mol. The normalized spacial score (nSPS) is 9.64. The van der Waals surface area contributed by atoms with Crippen molar-refractivity contribution < 1.29 is 9.53 Å². The third kappa shape index (κ3) is 1.89. The van der Waals surface area contributed by atoms with Crippen molar-refractivity contribution >= 4 is 23.2 Å². The van der Waals surface area contributed by atoms with Crippen LogP contribution in [0.5, 0.6) is 5.75 Å². The second-order valence-corrected chi connectivity index (χ2v) is 2.95. The van der Waals surface area contributed by atoms with Crippen LogP contribution in [-0.2, 0) is 0 Å². The van der Waals surface area contributed by atoms with Crippen molar-refractivity contribution in [3.8, 4) is 5.75 Å². The van der Waals surface area contributed by atoms with Gasteiger partial charge in [-0.3, -0.25) is 10.2 Å². The van der Waals surface area contributed by atoms with Crippen LogP contribution in [0.4, 0.5) is 5.69 Å². The molecular formula is C8H10ClN3O2. The third-order valence-electron chi connectivity index (χ3n) is 1.69. The topological polar surface area (TPSA) is 90.4 Å². The Bertz CT molecular complexity index is 368. The second kappa shape index (κ2) is 4.17. The first-order valence-corrected chi connectivity index (χ1v) is 4.12. The van der Waals surface area contributed by atoms with Gasteiger partial charge in [-0.25, -0.2) is 5.84 Å². The predicted octanol–water partition coefficient (Wildman–Crippen LogP) is 0.534. The number of methoxy groups -OCH3 is 1. The van der Waals surface area contributed by atoms with Gasteiger partial charge in [-0.05, 0) is 6.07 Å². The zero-order chi connectivity index (χ0) is 10.7. The van der Waals surface area contributed by atoms with Gasteiger partial charge in [0.2, 0.25) is 0 Å². The quantitative estimate of drug-likeness (QED) is 0.291. The number of nitrogens with one attached hydrogen (secondary N) is 1. The number of carbonyl (C=O) groups is 1. The molecule has 76 valence electrons. The molecule has 5 N–H and O–H groups in total. The maximum atomic E-state index is 11.2. The Labute approximate surface area is 85.9 Å². The van der Waals surface area contributed by atoms with Gasteiger partial charge < -0.3 is 10.5 Å². The van der Waals surface area contributed by atoms with Crippen molar-refractivity contribution in [2.45, 2.75) is 0 Å². The van der Waals surface area contributed by atoms with Crippen LogP contribution in [0, 0.1) is 0 Å². The van der Waals surface area contributed by atoms with Crippen LogP contribution >= 0.6 is 11.6 Å². The largest absolute Gasteiger partial charge is 0.496 e. The van der Waals surface area contributed by atoms with Crippen molar-refractivity contribution in [2.24, 2.45) is 5.84 Å². The van der Waals surface area contributed by atoms with E-state index in [0.29, 0.717) is 11.4 Å². The zero-order valence-corrected chi connectivity index (χ0v) is 8.26. The highest BCUT2D eigenvalue weighted by Gasteiger charge is 2.13. The van der Waals surface area contributed by atoms with Crippen molar-refractivity contribution in [2.75, 3.05) is 12.8 Å². The molecule has 1 aromatic carbocycles. The van der Waals surface area contributed by atoms with Gasteiger partial charge >= 0.3 is 0 Å². The lowest BCUT2D eigenvalue weighted by Gasteiger charge is -2.08. The van der Waals surface area contributed by atoms with Crippen LogP contribution in [0.15, 0.2) is 12.1 Å². The Morgan fingerprint density at radius 3 is 2.71 bits per heavy atom. The first-order valence-electron chi connectivity index (χ1n) is 3.74. The number of hydrogen-bond acceptors (Lipinski definition) is 4. The van der Waals surface area contributed by atoms with Crippen LogP contribution in [0.25, 0.3) is 0 Å². The summed E-state index contributed by atoms with van der Waals surface area (Å²) >= 11 is 5.74. The van der Waals surface area contributed by atoms with E-state index in [4.69, 9.17) is 27.9 Å². The first-order chi connectivity index (χ1) is 6.60. The summed E-state index contributed by atoms with van der Waals surface area (Å²) in [6, 6.07) is 2.87. The Morgan fingerprint density at radius 2 is 2.21 bits per heavy atom. The number of rotatable bonds is 2. The van der Waals surface area contributed by atoms with Crippen LogP contribution in [0.1, 0.15) is 10.4 Å². The fourth-order valence-electron chi connectivity index (χ4n) is 0.993. The Morgan fingerprint density at radius 1 is 1.57 bits per heavy atom. The zero-order valence-electron chi connectivity index (χ0n) is 7.50. The molecule has 0 bridgehead atoms. The molecule has 1 rings (SSSR count). The van der Waals surface area contributed by atoms with E-state index in [0.717, 1.165) is 0 Å². The van der Waals surface area contributed by atoms with Gasteiger partial charge in [0, 0.05) is 6.07 Å². The number of nitrogen functional groups attached to an aromatic ring is 2. The molecule has 14 heavy (non-hydrogen) atoms. The number of hydrogen-bond donors (Lipinski definition) is 3. The summed E-state index contributed by atoms with van der Waals surface area (Å²) in [5.41, 5.74) is 8.11. The summed E-state index contributed by atoms with van der Waals surface area (Å²) in [6.45, 7) is 0. The lowest BCUT2D eigenvalue weighted by molar-refractivity contribution is 0.0950. The molecule has 0 atom stereocenters. The predicted molar refractivity (Wildman–Crippen MR) is 54.1 cm³/mol. The molecule has 0 saturated heterocycles. The number of benzene rings is 1. The number of ether oxygens (including phenoxy) is 1. The highest BCUT2D eigenvalue weighted by Crippen LogP contribution is 2.28. The maximum Gasteiger partial charge on any atom is 0.268 e. The number of carbonyl (C=O) groups excluding carboxylic acids is 1. The van der Waals surface area contributed by atoms with E-state index in [1.165, 1.54) is 19.2 Å². The fourth-order valence-corrected chi connectivity index (χ4v) is 1.16. The van der Waals surface area contributed by atoms with E-state index < -0.39 is 5.91 Å². The molecule has 0 saturated carbocycles.